The number of ether oxygens (including phenoxy) is 1. The zero-order valence-corrected chi connectivity index (χ0v) is 14.7. The van der Waals surface area contributed by atoms with Crippen molar-refractivity contribution in [1.82, 2.24) is 4.90 Å². The van der Waals surface area contributed by atoms with Crippen LogP contribution in [0.15, 0.2) is 24.3 Å². The van der Waals surface area contributed by atoms with Crippen molar-refractivity contribution in [1.29, 1.82) is 0 Å². The summed E-state index contributed by atoms with van der Waals surface area (Å²) in [5.74, 6) is -0.507. The highest BCUT2D eigenvalue weighted by Gasteiger charge is 2.29. The summed E-state index contributed by atoms with van der Waals surface area (Å²) in [4.78, 5) is 25.8. The molecule has 136 valence electrons. The van der Waals surface area contributed by atoms with E-state index in [1.807, 2.05) is 11.0 Å². The Morgan fingerprint density at radius 1 is 1.16 bits per heavy atom. The first-order chi connectivity index (χ1) is 12.1. The number of carboxylic acids is 1. The average Bonchev–Trinajstić information content (AvgIpc) is 2.63. The van der Waals surface area contributed by atoms with Crippen LogP contribution in [-0.4, -0.2) is 47.7 Å². The predicted molar refractivity (Wildman–Crippen MR) is 94.5 cm³/mol. The summed E-state index contributed by atoms with van der Waals surface area (Å²) in [7, 11) is 0. The molecule has 0 unspecified atom stereocenters. The van der Waals surface area contributed by atoms with Crippen LogP contribution >= 0.6 is 0 Å². The standard InChI is InChI=1S/C20H27NO4/c22-19(14-16-6-3-5-15-4-1-2-7-18(15)16)21(11-8-20(23)24)17-9-12-25-13-10-17/h1-2,4,7,16-17H,3,5-6,8-14H2,(H,23,24)/t16-/m1/s1. The van der Waals surface area contributed by atoms with Crippen molar-refractivity contribution in [3.8, 4) is 0 Å². The van der Waals surface area contributed by atoms with Crippen molar-refractivity contribution >= 4 is 11.9 Å². The lowest BCUT2D eigenvalue weighted by molar-refractivity contribution is -0.140. The summed E-state index contributed by atoms with van der Waals surface area (Å²) < 4.78 is 5.40. The molecule has 0 aromatic heterocycles. The number of rotatable bonds is 6. The number of hydrogen-bond donors (Lipinski definition) is 1. The molecule has 1 atom stereocenters. The van der Waals surface area contributed by atoms with E-state index in [4.69, 9.17) is 9.84 Å². The molecular weight excluding hydrogens is 318 g/mol. The number of hydrogen-bond acceptors (Lipinski definition) is 3. The number of carboxylic acid groups (broad SMARTS) is 1. The van der Waals surface area contributed by atoms with Crippen molar-refractivity contribution < 1.29 is 19.4 Å². The SMILES string of the molecule is O=C(O)CCN(C(=O)C[C@H]1CCCc2ccccc21)C1CCOCC1. The minimum atomic E-state index is -0.854. The van der Waals surface area contributed by atoms with Crippen molar-refractivity contribution in [2.24, 2.45) is 0 Å². The summed E-state index contributed by atoms with van der Waals surface area (Å²) >= 11 is 0. The van der Waals surface area contributed by atoms with Crippen LogP contribution in [0, 0.1) is 0 Å². The van der Waals surface area contributed by atoms with Gasteiger partial charge in [0, 0.05) is 32.2 Å². The molecule has 0 bridgehead atoms. The highest BCUT2D eigenvalue weighted by Crippen LogP contribution is 2.34. The molecule has 1 aliphatic heterocycles. The lowest BCUT2D eigenvalue weighted by Gasteiger charge is -2.35. The predicted octanol–water partition coefficient (Wildman–Crippen LogP) is 2.98. The number of nitrogens with zero attached hydrogens (tertiary/aromatic N) is 1. The van der Waals surface area contributed by atoms with Gasteiger partial charge >= 0.3 is 5.97 Å². The molecule has 2 aliphatic rings. The van der Waals surface area contributed by atoms with E-state index in [1.165, 1.54) is 11.1 Å². The molecule has 0 radical (unpaired) electrons. The van der Waals surface area contributed by atoms with Gasteiger partial charge in [-0.25, -0.2) is 0 Å². The Labute approximate surface area is 149 Å². The summed E-state index contributed by atoms with van der Waals surface area (Å²) in [6.07, 6.45) is 5.31. The van der Waals surface area contributed by atoms with Crippen LogP contribution in [0.2, 0.25) is 0 Å². The molecule has 1 N–H and O–H groups in total. The Hall–Kier alpha value is -1.88. The Morgan fingerprint density at radius 3 is 2.68 bits per heavy atom. The summed E-state index contributed by atoms with van der Waals surface area (Å²) in [6, 6.07) is 8.51. The maximum Gasteiger partial charge on any atom is 0.305 e. The van der Waals surface area contributed by atoms with Gasteiger partial charge in [-0.2, -0.15) is 0 Å². The van der Waals surface area contributed by atoms with Gasteiger partial charge in [0.1, 0.15) is 0 Å². The molecule has 1 aromatic rings. The highest BCUT2D eigenvalue weighted by molar-refractivity contribution is 5.78. The number of benzene rings is 1. The number of fused-ring (bicyclic) bond motifs is 1. The average molecular weight is 345 g/mol. The third-order valence-corrected chi connectivity index (χ3v) is 5.43. The first kappa shape index (κ1) is 17.9. The number of carbonyl (C=O) groups excluding carboxylic acids is 1. The Bertz CT molecular complexity index is 609. The second-order valence-electron chi connectivity index (χ2n) is 7.07. The quantitative estimate of drug-likeness (QED) is 0.861. The third-order valence-electron chi connectivity index (χ3n) is 5.43. The highest BCUT2D eigenvalue weighted by atomic mass is 16.5. The minimum absolute atomic E-state index is 0.00432. The van der Waals surface area contributed by atoms with Gasteiger partial charge in [-0.1, -0.05) is 24.3 Å². The Morgan fingerprint density at radius 2 is 1.92 bits per heavy atom. The van der Waals surface area contributed by atoms with E-state index in [9.17, 15) is 9.59 Å². The van der Waals surface area contributed by atoms with E-state index < -0.39 is 5.97 Å². The molecule has 0 saturated carbocycles. The molecule has 25 heavy (non-hydrogen) atoms. The maximum atomic E-state index is 13.0. The molecule has 1 amide bonds. The van der Waals surface area contributed by atoms with E-state index in [-0.39, 0.29) is 24.3 Å². The lowest BCUT2D eigenvalue weighted by Crippen LogP contribution is -2.45. The van der Waals surface area contributed by atoms with Crippen LogP contribution in [0.3, 0.4) is 0 Å². The number of aryl methyl sites for hydroxylation is 1. The number of amides is 1. The first-order valence-corrected chi connectivity index (χ1v) is 9.32. The maximum absolute atomic E-state index is 13.0. The van der Waals surface area contributed by atoms with Crippen molar-refractivity contribution in [2.45, 2.75) is 56.9 Å². The fourth-order valence-corrected chi connectivity index (χ4v) is 4.12. The van der Waals surface area contributed by atoms with Crippen molar-refractivity contribution in [3.63, 3.8) is 0 Å². The van der Waals surface area contributed by atoms with Gasteiger partial charge in [0.15, 0.2) is 0 Å². The fraction of sp³-hybridized carbons (Fsp3) is 0.600. The van der Waals surface area contributed by atoms with E-state index in [1.54, 1.807) is 0 Å². The molecule has 5 nitrogen and oxygen atoms in total. The molecule has 0 spiro atoms. The molecule has 1 saturated heterocycles. The molecule has 3 rings (SSSR count). The van der Waals surface area contributed by atoms with E-state index in [0.29, 0.717) is 26.2 Å². The van der Waals surface area contributed by atoms with Gasteiger partial charge in [0.05, 0.1) is 6.42 Å². The molecule has 1 aromatic carbocycles. The topological polar surface area (TPSA) is 66.8 Å². The van der Waals surface area contributed by atoms with Crippen molar-refractivity contribution in [2.75, 3.05) is 19.8 Å². The third kappa shape index (κ3) is 4.60. The zero-order valence-electron chi connectivity index (χ0n) is 14.7. The zero-order chi connectivity index (χ0) is 17.6. The molecule has 5 heteroatoms. The Balaban J connectivity index is 1.70. The molecule has 1 heterocycles. The largest absolute Gasteiger partial charge is 0.481 e. The van der Waals surface area contributed by atoms with Gasteiger partial charge in [-0.05, 0) is 49.1 Å². The summed E-state index contributed by atoms with van der Waals surface area (Å²) in [5, 5.41) is 9.03. The van der Waals surface area contributed by atoms with Crippen LogP contribution in [0.25, 0.3) is 0 Å². The number of carbonyl (C=O) groups is 2. The Kier molecular flexibility index (Phi) is 6.08. The smallest absolute Gasteiger partial charge is 0.305 e. The second kappa shape index (κ2) is 8.48. The van der Waals surface area contributed by atoms with Crippen LogP contribution < -0.4 is 0 Å². The van der Waals surface area contributed by atoms with Gasteiger partial charge < -0.3 is 14.7 Å². The van der Waals surface area contributed by atoms with Gasteiger partial charge in [-0.15, -0.1) is 0 Å². The summed E-state index contributed by atoms with van der Waals surface area (Å²) in [6.45, 7) is 1.59. The normalized spacial score (nSPS) is 20.7. The summed E-state index contributed by atoms with van der Waals surface area (Å²) in [5.41, 5.74) is 2.65. The van der Waals surface area contributed by atoms with E-state index in [2.05, 4.69) is 18.2 Å². The number of aliphatic carboxylic acids is 1. The monoisotopic (exact) mass is 345 g/mol. The molecule has 1 fully saturated rings. The fourth-order valence-electron chi connectivity index (χ4n) is 4.12. The van der Waals surface area contributed by atoms with Crippen molar-refractivity contribution in [3.05, 3.63) is 35.4 Å². The van der Waals surface area contributed by atoms with Crippen LogP contribution in [0.4, 0.5) is 0 Å². The van der Waals surface area contributed by atoms with E-state index in [0.717, 1.165) is 32.1 Å². The van der Waals surface area contributed by atoms with Crippen LogP contribution in [0.1, 0.15) is 55.6 Å². The van der Waals surface area contributed by atoms with Crippen LogP contribution in [-0.2, 0) is 20.7 Å². The van der Waals surface area contributed by atoms with Gasteiger partial charge in [-0.3, -0.25) is 9.59 Å². The van der Waals surface area contributed by atoms with Gasteiger partial charge in [0.25, 0.3) is 0 Å². The second-order valence-corrected chi connectivity index (χ2v) is 7.07. The first-order valence-electron chi connectivity index (χ1n) is 9.32. The van der Waals surface area contributed by atoms with E-state index >= 15 is 0 Å². The van der Waals surface area contributed by atoms with Gasteiger partial charge in [0.2, 0.25) is 5.91 Å². The molecule has 1 aliphatic carbocycles. The molecular formula is C20H27NO4. The lowest BCUT2D eigenvalue weighted by atomic mass is 9.81. The van der Waals surface area contributed by atoms with Crippen LogP contribution in [0.5, 0.6) is 0 Å². The minimum Gasteiger partial charge on any atom is -0.481 e.